The highest BCUT2D eigenvalue weighted by molar-refractivity contribution is 8.00. The van der Waals surface area contributed by atoms with Crippen LogP contribution in [-0.2, 0) is 30.3 Å². The number of carboxylic acid groups (broad SMARTS) is 1. The quantitative estimate of drug-likeness (QED) is 0.0790. The standard InChI is InChI=1S/C39H43NO5S/c1-38(2,3)45-37(44)34(27-29-17-8-4-9-18-29)40-36(43)30(28-35(41)42)19-16-26-46-39(31-20-10-5-11-21-31,32-22-12-6-13-23-32)33-24-14-7-15-25-33/h4-15,17-18,20-25,30,34H,16,19,26-28H2,1-3H3,(H,40,43)(H,41,42). The van der Waals surface area contributed by atoms with Crippen molar-refractivity contribution in [2.75, 3.05) is 5.75 Å². The van der Waals surface area contributed by atoms with E-state index in [1.54, 1.807) is 32.5 Å². The number of carboxylic acids is 1. The molecule has 0 saturated carbocycles. The molecule has 1 amide bonds. The normalized spacial score (nSPS) is 12.9. The molecular weight excluding hydrogens is 594 g/mol. The summed E-state index contributed by atoms with van der Waals surface area (Å²) in [4.78, 5) is 38.7. The van der Waals surface area contributed by atoms with Gasteiger partial charge in [-0.3, -0.25) is 9.59 Å². The summed E-state index contributed by atoms with van der Waals surface area (Å²) in [5.74, 6) is -2.20. The van der Waals surface area contributed by atoms with Crippen LogP contribution in [0.4, 0.5) is 0 Å². The molecule has 2 atom stereocenters. The molecule has 0 saturated heterocycles. The Bertz CT molecular complexity index is 1440. The predicted octanol–water partition coefficient (Wildman–Crippen LogP) is 7.65. The summed E-state index contributed by atoms with van der Waals surface area (Å²) in [6.07, 6.45) is 0.862. The number of thioether (sulfide) groups is 1. The zero-order chi connectivity index (χ0) is 33.0. The minimum atomic E-state index is -1.06. The van der Waals surface area contributed by atoms with Gasteiger partial charge >= 0.3 is 11.9 Å². The third kappa shape index (κ3) is 9.57. The number of carbonyl (C=O) groups is 3. The number of carbonyl (C=O) groups excluding carboxylic acids is 2. The summed E-state index contributed by atoms with van der Waals surface area (Å²) in [6.45, 7) is 5.33. The monoisotopic (exact) mass is 637 g/mol. The smallest absolute Gasteiger partial charge is 0.329 e. The predicted molar refractivity (Wildman–Crippen MR) is 185 cm³/mol. The molecule has 2 N–H and O–H groups in total. The molecule has 0 aliphatic rings. The lowest BCUT2D eigenvalue weighted by atomic mass is 9.84. The second kappa shape index (κ2) is 16.3. The van der Waals surface area contributed by atoms with Crippen LogP contribution in [-0.4, -0.2) is 40.3 Å². The van der Waals surface area contributed by atoms with Crippen molar-refractivity contribution >= 4 is 29.6 Å². The average Bonchev–Trinajstić information content (AvgIpc) is 3.05. The van der Waals surface area contributed by atoms with E-state index in [4.69, 9.17) is 4.74 Å². The number of benzene rings is 4. The van der Waals surface area contributed by atoms with Crippen LogP contribution in [0.15, 0.2) is 121 Å². The first-order valence-corrected chi connectivity index (χ1v) is 16.7. The molecule has 0 spiro atoms. The zero-order valence-corrected chi connectivity index (χ0v) is 27.5. The van der Waals surface area contributed by atoms with Gasteiger partial charge in [0.05, 0.1) is 11.2 Å². The van der Waals surface area contributed by atoms with E-state index in [-0.39, 0.29) is 12.8 Å². The highest BCUT2D eigenvalue weighted by Crippen LogP contribution is 2.48. The summed E-state index contributed by atoms with van der Waals surface area (Å²) >= 11 is 1.77. The van der Waals surface area contributed by atoms with Gasteiger partial charge < -0.3 is 15.2 Å². The molecule has 0 aromatic heterocycles. The van der Waals surface area contributed by atoms with E-state index in [1.165, 1.54) is 0 Å². The second-order valence-corrected chi connectivity index (χ2v) is 13.7. The number of rotatable bonds is 15. The van der Waals surface area contributed by atoms with Crippen LogP contribution < -0.4 is 5.32 Å². The molecule has 0 aliphatic heterocycles. The summed E-state index contributed by atoms with van der Waals surface area (Å²) in [5.41, 5.74) is 3.54. The Kier molecular flexibility index (Phi) is 12.2. The first kappa shape index (κ1) is 34.5. The molecular formula is C39H43NO5S. The summed E-state index contributed by atoms with van der Waals surface area (Å²) in [5, 5.41) is 12.6. The molecule has 0 fully saturated rings. The number of nitrogens with one attached hydrogen (secondary N) is 1. The Morgan fingerprint density at radius 2 is 1.20 bits per heavy atom. The van der Waals surface area contributed by atoms with Crippen molar-refractivity contribution < 1.29 is 24.2 Å². The van der Waals surface area contributed by atoms with Crippen LogP contribution in [0.25, 0.3) is 0 Å². The number of hydrogen-bond donors (Lipinski definition) is 2. The zero-order valence-electron chi connectivity index (χ0n) is 26.7. The van der Waals surface area contributed by atoms with E-state index >= 15 is 0 Å². The van der Waals surface area contributed by atoms with E-state index < -0.39 is 40.2 Å². The molecule has 0 radical (unpaired) electrons. The van der Waals surface area contributed by atoms with Gasteiger partial charge in [-0.15, -0.1) is 11.8 Å². The van der Waals surface area contributed by atoms with Crippen LogP contribution in [0, 0.1) is 5.92 Å². The highest BCUT2D eigenvalue weighted by Gasteiger charge is 2.37. The molecule has 46 heavy (non-hydrogen) atoms. The van der Waals surface area contributed by atoms with Gasteiger partial charge in [0, 0.05) is 12.3 Å². The molecule has 4 rings (SSSR count). The molecule has 240 valence electrons. The first-order valence-electron chi connectivity index (χ1n) is 15.7. The SMILES string of the molecule is CC(C)(C)OC(=O)C(Cc1ccccc1)NC(=O)C(CCCSC(c1ccccc1)(c1ccccc1)c1ccccc1)CC(=O)O. The lowest BCUT2D eigenvalue weighted by Crippen LogP contribution is -2.47. The van der Waals surface area contributed by atoms with Crippen molar-refractivity contribution in [3.8, 4) is 0 Å². The fourth-order valence-electron chi connectivity index (χ4n) is 5.57. The van der Waals surface area contributed by atoms with E-state index in [1.807, 2.05) is 84.9 Å². The van der Waals surface area contributed by atoms with Crippen molar-refractivity contribution in [3.63, 3.8) is 0 Å². The first-order chi connectivity index (χ1) is 22.1. The van der Waals surface area contributed by atoms with Crippen molar-refractivity contribution in [1.82, 2.24) is 5.32 Å². The van der Waals surface area contributed by atoms with Crippen LogP contribution in [0.3, 0.4) is 0 Å². The van der Waals surface area contributed by atoms with Crippen LogP contribution in [0.2, 0.25) is 0 Å². The molecule has 0 aliphatic carbocycles. The Balaban J connectivity index is 1.54. The molecule has 2 unspecified atom stereocenters. The van der Waals surface area contributed by atoms with Gasteiger partial charge in [-0.25, -0.2) is 4.79 Å². The summed E-state index contributed by atoms with van der Waals surface area (Å²) in [7, 11) is 0. The molecule has 6 nitrogen and oxygen atoms in total. The largest absolute Gasteiger partial charge is 0.481 e. The maximum Gasteiger partial charge on any atom is 0.329 e. The van der Waals surface area contributed by atoms with Crippen molar-refractivity contribution in [2.45, 2.75) is 62.8 Å². The van der Waals surface area contributed by atoms with Gasteiger partial charge in [0.2, 0.25) is 5.91 Å². The van der Waals surface area contributed by atoms with Crippen LogP contribution in [0.1, 0.15) is 62.3 Å². The number of hydrogen-bond acceptors (Lipinski definition) is 5. The number of esters is 1. The highest BCUT2D eigenvalue weighted by atomic mass is 32.2. The minimum absolute atomic E-state index is 0.241. The van der Waals surface area contributed by atoms with Gasteiger partial charge in [-0.1, -0.05) is 121 Å². The minimum Gasteiger partial charge on any atom is -0.481 e. The van der Waals surface area contributed by atoms with Gasteiger partial charge in [-0.2, -0.15) is 0 Å². The number of aliphatic carboxylic acids is 1. The maximum atomic E-state index is 13.6. The molecule has 0 bridgehead atoms. The Morgan fingerprint density at radius 3 is 1.63 bits per heavy atom. The lowest BCUT2D eigenvalue weighted by Gasteiger charge is -2.35. The maximum absolute atomic E-state index is 13.6. The van der Waals surface area contributed by atoms with E-state index in [0.29, 0.717) is 18.6 Å². The Morgan fingerprint density at radius 1 is 0.739 bits per heavy atom. The van der Waals surface area contributed by atoms with Gasteiger partial charge in [0.25, 0.3) is 0 Å². The Hall–Kier alpha value is -4.36. The summed E-state index contributed by atoms with van der Waals surface area (Å²) < 4.78 is 5.11. The van der Waals surface area contributed by atoms with Crippen molar-refractivity contribution in [3.05, 3.63) is 144 Å². The van der Waals surface area contributed by atoms with Crippen LogP contribution in [0.5, 0.6) is 0 Å². The number of amides is 1. The molecule has 4 aromatic carbocycles. The number of ether oxygens (including phenoxy) is 1. The fourth-order valence-corrected chi connectivity index (χ4v) is 7.09. The fraction of sp³-hybridized carbons (Fsp3) is 0.308. The second-order valence-electron chi connectivity index (χ2n) is 12.3. The van der Waals surface area contributed by atoms with Gasteiger partial charge in [0.1, 0.15) is 11.6 Å². The third-order valence-corrected chi connectivity index (χ3v) is 9.27. The van der Waals surface area contributed by atoms with Crippen molar-refractivity contribution in [2.24, 2.45) is 5.92 Å². The van der Waals surface area contributed by atoms with Gasteiger partial charge in [0.15, 0.2) is 0 Å². The van der Waals surface area contributed by atoms with Gasteiger partial charge in [-0.05, 0) is 61.6 Å². The van der Waals surface area contributed by atoms with E-state index in [9.17, 15) is 19.5 Å². The van der Waals surface area contributed by atoms with E-state index in [0.717, 1.165) is 22.3 Å². The lowest BCUT2D eigenvalue weighted by molar-refractivity contribution is -0.159. The third-order valence-electron chi connectivity index (χ3n) is 7.64. The molecule has 0 heterocycles. The summed E-state index contributed by atoms with van der Waals surface area (Å²) in [6, 6.07) is 39.5. The topological polar surface area (TPSA) is 92.7 Å². The van der Waals surface area contributed by atoms with E-state index in [2.05, 4.69) is 41.7 Å². The Labute approximate surface area is 276 Å². The molecule has 7 heteroatoms. The van der Waals surface area contributed by atoms with Crippen molar-refractivity contribution in [1.29, 1.82) is 0 Å². The van der Waals surface area contributed by atoms with Crippen LogP contribution >= 0.6 is 11.8 Å². The average molecular weight is 638 g/mol. The molecule has 4 aromatic rings.